The number of halogens is 4. The van der Waals surface area contributed by atoms with Crippen LogP contribution in [0.4, 0.5) is 19.1 Å². The summed E-state index contributed by atoms with van der Waals surface area (Å²) in [6.07, 6.45) is -1.54. The van der Waals surface area contributed by atoms with Crippen molar-refractivity contribution < 1.29 is 22.6 Å². The van der Waals surface area contributed by atoms with E-state index < -0.39 is 11.9 Å². The first-order chi connectivity index (χ1) is 14.0. The highest BCUT2D eigenvalue weighted by Crippen LogP contribution is 2.27. The standard InChI is InChI=1S/C18H29F3N6O2.HI/c1-2-22-16(23-6-3-10-28-12-14-5-11-29-13-14)25-8-9-26-17-24-7-4-15(27-17)18(19,20)21;/h4,7,14H,2-3,5-6,8-13H2,1H3,(H2,22,23,25)(H,24,26,27);1H. The maximum atomic E-state index is 12.7. The van der Waals surface area contributed by atoms with Crippen molar-refractivity contribution in [2.75, 3.05) is 57.9 Å². The molecule has 0 aliphatic carbocycles. The minimum atomic E-state index is -4.49. The van der Waals surface area contributed by atoms with E-state index in [-0.39, 0.29) is 29.9 Å². The lowest BCUT2D eigenvalue weighted by Crippen LogP contribution is -2.39. The fourth-order valence-electron chi connectivity index (χ4n) is 2.62. The minimum Gasteiger partial charge on any atom is -0.381 e. The summed E-state index contributed by atoms with van der Waals surface area (Å²) >= 11 is 0. The van der Waals surface area contributed by atoms with Gasteiger partial charge in [-0.15, -0.1) is 24.0 Å². The van der Waals surface area contributed by atoms with Crippen molar-refractivity contribution >= 4 is 35.9 Å². The molecule has 8 nitrogen and oxygen atoms in total. The summed E-state index contributed by atoms with van der Waals surface area (Å²) in [4.78, 5) is 11.7. The van der Waals surface area contributed by atoms with E-state index in [9.17, 15) is 13.2 Å². The van der Waals surface area contributed by atoms with E-state index in [0.29, 0.717) is 44.7 Å². The van der Waals surface area contributed by atoms with Crippen LogP contribution in [-0.2, 0) is 15.7 Å². The maximum Gasteiger partial charge on any atom is 0.433 e. The second kappa shape index (κ2) is 14.6. The van der Waals surface area contributed by atoms with Crippen LogP contribution in [0.25, 0.3) is 0 Å². The molecule has 12 heteroatoms. The second-order valence-corrected chi connectivity index (χ2v) is 6.54. The van der Waals surface area contributed by atoms with E-state index in [1.54, 1.807) is 0 Å². The van der Waals surface area contributed by atoms with Crippen LogP contribution in [-0.4, -0.2) is 68.5 Å². The molecule has 30 heavy (non-hydrogen) atoms. The number of nitrogens with one attached hydrogen (secondary N) is 3. The van der Waals surface area contributed by atoms with Gasteiger partial charge in [-0.25, -0.2) is 9.97 Å². The topological polar surface area (TPSA) is 92.7 Å². The minimum absolute atomic E-state index is 0. The number of ether oxygens (including phenoxy) is 2. The van der Waals surface area contributed by atoms with E-state index in [1.807, 2.05) is 6.92 Å². The molecule has 0 radical (unpaired) electrons. The molecule has 1 aromatic rings. The zero-order chi connectivity index (χ0) is 21.0. The SMILES string of the molecule is CCNC(=NCCCOCC1CCOC1)NCCNc1nccc(C(F)(F)F)n1.I. The molecule has 0 bridgehead atoms. The average Bonchev–Trinajstić information content (AvgIpc) is 3.21. The van der Waals surface area contributed by atoms with Crippen LogP contribution in [0.15, 0.2) is 17.3 Å². The van der Waals surface area contributed by atoms with E-state index in [0.717, 1.165) is 44.9 Å². The lowest BCUT2D eigenvalue weighted by molar-refractivity contribution is -0.141. The highest BCUT2D eigenvalue weighted by atomic mass is 127. The van der Waals surface area contributed by atoms with Crippen molar-refractivity contribution in [3.8, 4) is 0 Å². The molecule has 172 valence electrons. The van der Waals surface area contributed by atoms with Crippen molar-refractivity contribution in [2.24, 2.45) is 10.9 Å². The molecule has 0 spiro atoms. The van der Waals surface area contributed by atoms with Crippen LogP contribution in [0, 0.1) is 5.92 Å². The van der Waals surface area contributed by atoms with Gasteiger partial charge in [0.25, 0.3) is 0 Å². The molecule has 1 unspecified atom stereocenters. The Labute approximate surface area is 191 Å². The number of hydrogen-bond donors (Lipinski definition) is 3. The molecule has 1 saturated heterocycles. The van der Waals surface area contributed by atoms with Crippen molar-refractivity contribution in [2.45, 2.75) is 25.9 Å². The number of aromatic nitrogens is 2. The van der Waals surface area contributed by atoms with E-state index in [4.69, 9.17) is 9.47 Å². The Morgan fingerprint density at radius 2 is 2.17 bits per heavy atom. The number of guanidine groups is 1. The zero-order valence-corrected chi connectivity index (χ0v) is 19.3. The Bertz CT molecular complexity index is 630. The Balaban J connectivity index is 0.00000450. The van der Waals surface area contributed by atoms with Gasteiger partial charge in [-0.3, -0.25) is 4.99 Å². The molecular formula is C18H30F3IN6O2. The largest absolute Gasteiger partial charge is 0.433 e. The molecule has 1 atom stereocenters. The molecule has 0 aromatic carbocycles. The van der Waals surface area contributed by atoms with Crippen molar-refractivity contribution in [3.05, 3.63) is 18.0 Å². The predicted octanol–water partition coefficient (Wildman–Crippen LogP) is 2.52. The summed E-state index contributed by atoms with van der Waals surface area (Å²) in [5, 5.41) is 9.00. The predicted molar refractivity (Wildman–Crippen MR) is 119 cm³/mol. The molecule has 2 heterocycles. The number of anilines is 1. The maximum absolute atomic E-state index is 12.7. The zero-order valence-electron chi connectivity index (χ0n) is 17.0. The second-order valence-electron chi connectivity index (χ2n) is 6.54. The van der Waals surface area contributed by atoms with Crippen molar-refractivity contribution in [3.63, 3.8) is 0 Å². The van der Waals surface area contributed by atoms with Gasteiger partial charge in [0.05, 0.1) is 13.2 Å². The molecule has 1 aliphatic heterocycles. The summed E-state index contributed by atoms with van der Waals surface area (Å²) < 4.78 is 48.9. The normalized spacial score (nSPS) is 16.8. The van der Waals surface area contributed by atoms with Crippen LogP contribution in [0.3, 0.4) is 0 Å². The Hall–Kier alpha value is -1.41. The van der Waals surface area contributed by atoms with E-state index in [1.165, 1.54) is 0 Å². The summed E-state index contributed by atoms with van der Waals surface area (Å²) in [6, 6.07) is 0.838. The third kappa shape index (κ3) is 10.6. The van der Waals surface area contributed by atoms with Gasteiger partial charge in [-0.05, 0) is 25.8 Å². The Kier molecular flexibility index (Phi) is 12.9. The molecule has 1 aliphatic rings. The molecule has 1 fully saturated rings. The number of nitrogens with zero attached hydrogens (tertiary/aromatic N) is 3. The van der Waals surface area contributed by atoms with Gasteiger partial charge in [0.2, 0.25) is 5.95 Å². The number of hydrogen-bond acceptors (Lipinski definition) is 6. The summed E-state index contributed by atoms with van der Waals surface area (Å²) in [5.41, 5.74) is -0.972. The third-order valence-electron chi connectivity index (χ3n) is 4.09. The quantitative estimate of drug-likeness (QED) is 0.170. The van der Waals surface area contributed by atoms with Crippen molar-refractivity contribution in [1.82, 2.24) is 20.6 Å². The fourth-order valence-corrected chi connectivity index (χ4v) is 2.62. The summed E-state index contributed by atoms with van der Waals surface area (Å²) in [5.74, 6) is 1.09. The first kappa shape index (κ1) is 26.6. The first-order valence-corrected chi connectivity index (χ1v) is 9.81. The number of rotatable bonds is 11. The molecule has 2 rings (SSSR count). The van der Waals surface area contributed by atoms with Crippen LogP contribution in [0.5, 0.6) is 0 Å². The Morgan fingerprint density at radius 3 is 2.87 bits per heavy atom. The van der Waals surface area contributed by atoms with Gasteiger partial charge in [0.15, 0.2) is 5.96 Å². The van der Waals surface area contributed by atoms with Crippen LogP contribution >= 0.6 is 24.0 Å². The van der Waals surface area contributed by atoms with E-state index in [2.05, 4.69) is 30.9 Å². The van der Waals surface area contributed by atoms with Gasteiger partial charge >= 0.3 is 6.18 Å². The van der Waals surface area contributed by atoms with Gasteiger partial charge in [-0.1, -0.05) is 0 Å². The highest BCUT2D eigenvalue weighted by molar-refractivity contribution is 14.0. The molecule has 1 aromatic heterocycles. The molecular weight excluding hydrogens is 516 g/mol. The van der Waals surface area contributed by atoms with Gasteiger partial charge in [0, 0.05) is 51.5 Å². The van der Waals surface area contributed by atoms with Crippen LogP contribution in [0.2, 0.25) is 0 Å². The Morgan fingerprint density at radius 1 is 1.33 bits per heavy atom. The lowest BCUT2D eigenvalue weighted by atomic mass is 10.1. The summed E-state index contributed by atoms with van der Waals surface area (Å²) in [6.45, 7) is 7.05. The third-order valence-corrected chi connectivity index (χ3v) is 4.09. The highest BCUT2D eigenvalue weighted by Gasteiger charge is 2.32. The van der Waals surface area contributed by atoms with Gasteiger partial charge < -0.3 is 25.4 Å². The van der Waals surface area contributed by atoms with Gasteiger partial charge in [-0.2, -0.15) is 13.2 Å². The van der Waals surface area contributed by atoms with Crippen LogP contribution < -0.4 is 16.0 Å². The smallest absolute Gasteiger partial charge is 0.381 e. The number of aliphatic imine (C=N–C) groups is 1. The number of alkyl halides is 3. The average molecular weight is 546 g/mol. The summed E-state index contributed by atoms with van der Waals surface area (Å²) in [7, 11) is 0. The van der Waals surface area contributed by atoms with E-state index >= 15 is 0 Å². The monoisotopic (exact) mass is 546 g/mol. The molecule has 3 N–H and O–H groups in total. The first-order valence-electron chi connectivity index (χ1n) is 9.81. The van der Waals surface area contributed by atoms with Gasteiger partial charge in [0.1, 0.15) is 5.69 Å². The molecule has 0 amide bonds. The fraction of sp³-hybridized carbons (Fsp3) is 0.722. The van der Waals surface area contributed by atoms with Crippen molar-refractivity contribution in [1.29, 1.82) is 0 Å². The van der Waals surface area contributed by atoms with Crippen LogP contribution in [0.1, 0.15) is 25.5 Å². The lowest BCUT2D eigenvalue weighted by Gasteiger charge is -2.12. The molecule has 0 saturated carbocycles.